The molecule has 2 N–H and O–H groups in total. The molecule has 0 radical (unpaired) electrons. The number of fused-ring (bicyclic) bond motifs is 1. The fourth-order valence-corrected chi connectivity index (χ4v) is 4.87. The van der Waals surface area contributed by atoms with Crippen molar-refractivity contribution in [3.63, 3.8) is 0 Å². The first kappa shape index (κ1) is 29.1. The van der Waals surface area contributed by atoms with E-state index in [-0.39, 0.29) is 5.91 Å². The molecule has 1 aromatic heterocycles. The predicted octanol–water partition coefficient (Wildman–Crippen LogP) is 9.27. The van der Waals surface area contributed by atoms with E-state index in [0.717, 1.165) is 35.7 Å². The van der Waals surface area contributed by atoms with Crippen molar-refractivity contribution in [3.8, 4) is 0 Å². The SMILES string of the molecule is CCCCCCCCCCCCCCCCCCCC(=O)NCCc1c[nH]c2ccc(N=O)cc12. The average Bonchev–Trinajstić information content (AvgIpc) is 3.28. The number of nitrogens with zero attached hydrogens (tertiary/aromatic N) is 1. The summed E-state index contributed by atoms with van der Waals surface area (Å²) in [5.41, 5.74) is 2.52. The normalized spacial score (nSPS) is 11.2. The van der Waals surface area contributed by atoms with E-state index in [1.807, 2.05) is 12.3 Å². The third kappa shape index (κ3) is 12.9. The van der Waals surface area contributed by atoms with Crippen molar-refractivity contribution in [2.45, 2.75) is 129 Å². The minimum absolute atomic E-state index is 0.140. The molecule has 0 aliphatic heterocycles. The minimum Gasteiger partial charge on any atom is -0.361 e. The number of nitroso groups, excluding NO2 is 1. The molecule has 2 rings (SSSR count). The number of amides is 1. The van der Waals surface area contributed by atoms with E-state index in [2.05, 4.69) is 22.4 Å². The maximum atomic E-state index is 12.1. The van der Waals surface area contributed by atoms with Crippen LogP contribution < -0.4 is 5.32 Å². The zero-order valence-electron chi connectivity index (χ0n) is 22.2. The van der Waals surface area contributed by atoms with Gasteiger partial charge < -0.3 is 10.3 Å². The first-order valence-corrected chi connectivity index (χ1v) is 14.4. The molecule has 0 aliphatic carbocycles. The summed E-state index contributed by atoms with van der Waals surface area (Å²) < 4.78 is 0. The topological polar surface area (TPSA) is 74.3 Å². The highest BCUT2D eigenvalue weighted by Gasteiger charge is 2.06. The molecule has 1 heterocycles. The number of hydrogen-bond acceptors (Lipinski definition) is 3. The van der Waals surface area contributed by atoms with E-state index in [9.17, 15) is 9.70 Å². The first-order chi connectivity index (χ1) is 17.2. The van der Waals surface area contributed by atoms with Crippen molar-refractivity contribution in [1.82, 2.24) is 10.3 Å². The van der Waals surface area contributed by atoms with E-state index >= 15 is 0 Å². The summed E-state index contributed by atoms with van der Waals surface area (Å²) in [6.45, 7) is 2.90. The number of H-pyrrole nitrogens is 1. The fourth-order valence-electron chi connectivity index (χ4n) is 4.87. The Balaban J connectivity index is 1.36. The molecule has 0 unspecified atom stereocenters. The molecule has 2 aromatic rings. The van der Waals surface area contributed by atoms with E-state index < -0.39 is 0 Å². The maximum absolute atomic E-state index is 12.1. The molecule has 5 nitrogen and oxygen atoms in total. The van der Waals surface area contributed by atoms with Crippen molar-refractivity contribution >= 4 is 22.5 Å². The lowest BCUT2D eigenvalue weighted by molar-refractivity contribution is -0.121. The molecular formula is C30H49N3O2. The molecule has 196 valence electrons. The quantitative estimate of drug-likeness (QED) is 0.129. The molecule has 0 aliphatic rings. The molecule has 0 saturated heterocycles. The van der Waals surface area contributed by atoms with Crippen LogP contribution in [0.3, 0.4) is 0 Å². The Hall–Kier alpha value is -2.17. The second-order valence-corrected chi connectivity index (χ2v) is 10.1. The van der Waals surface area contributed by atoms with E-state index in [1.165, 1.54) is 96.3 Å². The molecule has 1 aromatic carbocycles. The summed E-state index contributed by atoms with van der Waals surface area (Å²) in [6, 6.07) is 5.37. The van der Waals surface area contributed by atoms with Crippen LogP contribution in [0, 0.1) is 4.91 Å². The van der Waals surface area contributed by atoms with Gasteiger partial charge in [0.05, 0.1) is 0 Å². The molecule has 0 bridgehead atoms. The first-order valence-electron chi connectivity index (χ1n) is 14.4. The molecule has 0 fully saturated rings. The van der Waals surface area contributed by atoms with Gasteiger partial charge >= 0.3 is 0 Å². The van der Waals surface area contributed by atoms with Crippen molar-refractivity contribution < 1.29 is 4.79 Å². The Labute approximate surface area is 213 Å². The minimum atomic E-state index is 0.140. The molecule has 0 saturated carbocycles. The van der Waals surface area contributed by atoms with Gasteiger partial charge in [-0.25, -0.2) is 0 Å². The second kappa shape index (κ2) is 19.1. The largest absolute Gasteiger partial charge is 0.361 e. The van der Waals surface area contributed by atoms with Crippen molar-refractivity contribution in [2.24, 2.45) is 5.18 Å². The monoisotopic (exact) mass is 483 g/mol. The van der Waals surface area contributed by atoms with Gasteiger partial charge in [0.15, 0.2) is 0 Å². The fraction of sp³-hybridized carbons (Fsp3) is 0.700. The van der Waals surface area contributed by atoms with Crippen molar-refractivity contribution in [2.75, 3.05) is 6.54 Å². The van der Waals surface area contributed by atoms with Crippen LogP contribution in [-0.2, 0) is 11.2 Å². The van der Waals surface area contributed by atoms with Crippen LogP contribution >= 0.6 is 0 Å². The van der Waals surface area contributed by atoms with Gasteiger partial charge in [0, 0.05) is 30.1 Å². The number of unbranched alkanes of at least 4 members (excludes halogenated alkanes) is 16. The lowest BCUT2D eigenvalue weighted by Gasteiger charge is -2.06. The summed E-state index contributed by atoms with van der Waals surface area (Å²) >= 11 is 0. The predicted molar refractivity (Wildman–Crippen MR) is 149 cm³/mol. The Morgan fingerprint density at radius 3 is 1.89 bits per heavy atom. The summed E-state index contributed by atoms with van der Waals surface area (Å²) in [6.07, 6.45) is 26.3. The number of aromatic amines is 1. The Bertz CT molecular complexity index is 830. The highest BCUT2D eigenvalue weighted by Crippen LogP contribution is 2.24. The summed E-state index contributed by atoms with van der Waals surface area (Å²) in [4.78, 5) is 26.1. The van der Waals surface area contributed by atoms with Crippen LogP contribution in [0.5, 0.6) is 0 Å². The Morgan fingerprint density at radius 1 is 0.800 bits per heavy atom. The third-order valence-corrected chi connectivity index (χ3v) is 7.08. The van der Waals surface area contributed by atoms with Gasteiger partial charge in [-0.3, -0.25) is 4.79 Å². The molecule has 1 amide bonds. The molecule has 0 atom stereocenters. The summed E-state index contributed by atoms with van der Waals surface area (Å²) in [7, 11) is 0. The van der Waals surface area contributed by atoms with E-state index in [1.54, 1.807) is 12.1 Å². The molecule has 35 heavy (non-hydrogen) atoms. The Kier molecular flexibility index (Phi) is 15.8. The van der Waals surface area contributed by atoms with Gasteiger partial charge in [-0.05, 0) is 41.8 Å². The highest BCUT2D eigenvalue weighted by molar-refractivity contribution is 5.86. The zero-order chi connectivity index (χ0) is 25.0. The van der Waals surface area contributed by atoms with Crippen LogP contribution in [0.1, 0.15) is 128 Å². The number of carbonyl (C=O) groups is 1. The van der Waals surface area contributed by atoms with Crippen LogP contribution in [0.4, 0.5) is 5.69 Å². The highest BCUT2D eigenvalue weighted by atomic mass is 16.3. The van der Waals surface area contributed by atoms with Gasteiger partial charge in [0.1, 0.15) is 5.69 Å². The number of benzene rings is 1. The Morgan fingerprint density at radius 2 is 1.34 bits per heavy atom. The second-order valence-electron chi connectivity index (χ2n) is 10.1. The summed E-state index contributed by atoms with van der Waals surface area (Å²) in [5, 5.41) is 7.05. The smallest absolute Gasteiger partial charge is 0.220 e. The lowest BCUT2D eigenvalue weighted by Crippen LogP contribution is -2.25. The van der Waals surface area contributed by atoms with Gasteiger partial charge in [-0.1, -0.05) is 110 Å². The van der Waals surface area contributed by atoms with Crippen LogP contribution in [0.15, 0.2) is 29.6 Å². The van der Waals surface area contributed by atoms with Crippen LogP contribution in [-0.4, -0.2) is 17.4 Å². The number of rotatable bonds is 22. The van der Waals surface area contributed by atoms with Crippen molar-refractivity contribution in [1.29, 1.82) is 0 Å². The van der Waals surface area contributed by atoms with Gasteiger partial charge in [-0.15, -0.1) is 4.91 Å². The van der Waals surface area contributed by atoms with Gasteiger partial charge in [-0.2, -0.15) is 0 Å². The van der Waals surface area contributed by atoms with Crippen LogP contribution in [0.2, 0.25) is 0 Å². The number of hydrogen-bond donors (Lipinski definition) is 2. The number of carbonyl (C=O) groups excluding carboxylic acids is 1. The standard InChI is InChI=1S/C30H49N3O2/c1-2-3-4-5-6-7-8-9-10-11-12-13-14-15-16-17-18-19-30(34)31-23-22-26-25-32-29-21-20-27(33-35)24-28(26)29/h20-21,24-25,32H,2-19,22-23H2,1H3,(H,31,34). The lowest BCUT2D eigenvalue weighted by atomic mass is 10.0. The molecule has 5 heteroatoms. The maximum Gasteiger partial charge on any atom is 0.220 e. The van der Waals surface area contributed by atoms with Crippen LogP contribution in [0.25, 0.3) is 10.9 Å². The number of nitrogens with one attached hydrogen (secondary N) is 2. The van der Waals surface area contributed by atoms with Gasteiger partial charge in [0.2, 0.25) is 5.91 Å². The van der Waals surface area contributed by atoms with Gasteiger partial charge in [0.25, 0.3) is 0 Å². The van der Waals surface area contributed by atoms with E-state index in [0.29, 0.717) is 18.7 Å². The summed E-state index contributed by atoms with van der Waals surface area (Å²) in [5.74, 6) is 0.140. The zero-order valence-corrected chi connectivity index (χ0v) is 22.2. The molecule has 0 spiro atoms. The third-order valence-electron chi connectivity index (χ3n) is 7.08. The van der Waals surface area contributed by atoms with E-state index in [4.69, 9.17) is 0 Å². The van der Waals surface area contributed by atoms with Crippen molar-refractivity contribution in [3.05, 3.63) is 34.9 Å². The molecular weight excluding hydrogens is 434 g/mol. The average molecular weight is 484 g/mol. The number of aromatic nitrogens is 1.